The highest BCUT2D eigenvalue weighted by Gasteiger charge is 2.26. The fraction of sp³-hybridized carbons (Fsp3) is 0.355. The summed E-state index contributed by atoms with van der Waals surface area (Å²) in [7, 11) is 0. The van der Waals surface area contributed by atoms with Crippen LogP contribution in [0.2, 0.25) is 0 Å². The molecule has 0 spiro atoms. The van der Waals surface area contributed by atoms with Gasteiger partial charge >= 0.3 is 0 Å². The number of benzene rings is 3. The van der Waals surface area contributed by atoms with Crippen LogP contribution in [0.15, 0.2) is 66.7 Å². The lowest BCUT2D eigenvalue weighted by Gasteiger charge is -2.32. The fourth-order valence-electron chi connectivity index (χ4n) is 4.29. The first-order valence-corrected chi connectivity index (χ1v) is 12.8. The Bertz CT molecular complexity index is 1310. The third-order valence-corrected chi connectivity index (χ3v) is 6.65. The van der Waals surface area contributed by atoms with Crippen LogP contribution in [0.25, 0.3) is 0 Å². The molecule has 1 heterocycles. The lowest BCUT2D eigenvalue weighted by atomic mass is 9.87. The molecule has 0 unspecified atom stereocenters. The molecule has 2 amide bonds. The third kappa shape index (κ3) is 6.53. The lowest BCUT2D eigenvalue weighted by Crippen LogP contribution is -2.41. The third-order valence-electron chi connectivity index (χ3n) is 6.65. The van der Waals surface area contributed by atoms with Crippen LogP contribution in [0, 0.1) is 5.41 Å². The van der Waals surface area contributed by atoms with Crippen molar-refractivity contribution in [3.63, 3.8) is 0 Å². The summed E-state index contributed by atoms with van der Waals surface area (Å²) in [6.07, 6.45) is 0. The highest BCUT2D eigenvalue weighted by molar-refractivity contribution is 6.04. The number of nitrogens with two attached hydrogens (primary N) is 1. The van der Waals surface area contributed by atoms with Crippen molar-refractivity contribution in [2.45, 2.75) is 46.6 Å². The smallest absolute Gasteiger partial charge is 0.255 e. The normalized spacial score (nSPS) is 12.8. The Hall–Kier alpha value is -3.84. The molecule has 0 atom stereocenters. The van der Waals surface area contributed by atoms with E-state index in [1.54, 1.807) is 23.1 Å². The summed E-state index contributed by atoms with van der Waals surface area (Å²) in [5.74, 6) is 0.888. The molecule has 1 aliphatic rings. The van der Waals surface area contributed by atoms with E-state index >= 15 is 0 Å². The van der Waals surface area contributed by atoms with E-state index in [2.05, 4.69) is 26.1 Å². The maximum atomic E-state index is 13.6. The maximum absolute atomic E-state index is 13.6. The summed E-state index contributed by atoms with van der Waals surface area (Å²) in [6.45, 7) is 11.9. The zero-order valence-corrected chi connectivity index (χ0v) is 22.8. The van der Waals surface area contributed by atoms with E-state index in [1.807, 2.05) is 62.4 Å². The average Bonchev–Trinajstić information content (AvgIpc) is 3.35. The molecule has 1 aliphatic heterocycles. The van der Waals surface area contributed by atoms with Crippen LogP contribution >= 0.6 is 0 Å². The summed E-state index contributed by atoms with van der Waals surface area (Å²) >= 11 is 0. The summed E-state index contributed by atoms with van der Waals surface area (Å²) < 4.78 is 10.9. The number of carbonyl (C=O) groups excluding carboxylic acids is 2. The van der Waals surface area contributed by atoms with E-state index in [0.29, 0.717) is 47.9 Å². The monoisotopic (exact) mass is 515 g/mol. The number of carbonyl (C=O) groups is 2. The van der Waals surface area contributed by atoms with Crippen LogP contribution in [0.5, 0.6) is 11.5 Å². The van der Waals surface area contributed by atoms with Crippen molar-refractivity contribution in [2.24, 2.45) is 11.1 Å². The Morgan fingerprint density at radius 1 is 0.895 bits per heavy atom. The number of rotatable bonds is 8. The average molecular weight is 516 g/mol. The number of fused-ring (bicyclic) bond motifs is 1. The molecular weight excluding hydrogens is 478 g/mol. The van der Waals surface area contributed by atoms with E-state index in [1.165, 1.54) is 5.56 Å². The van der Waals surface area contributed by atoms with Gasteiger partial charge in [0.25, 0.3) is 11.8 Å². The fourth-order valence-corrected chi connectivity index (χ4v) is 4.29. The second kappa shape index (κ2) is 10.9. The minimum Gasteiger partial charge on any atom is -0.454 e. The minimum atomic E-state index is -0.281. The van der Waals surface area contributed by atoms with Crippen molar-refractivity contribution in [3.8, 4) is 11.5 Å². The number of anilines is 1. The quantitative estimate of drug-likeness (QED) is 0.408. The molecule has 0 aliphatic carbocycles. The van der Waals surface area contributed by atoms with E-state index in [9.17, 15) is 9.59 Å². The summed E-state index contributed by atoms with van der Waals surface area (Å²) in [5, 5.41) is 2.99. The first-order valence-electron chi connectivity index (χ1n) is 12.8. The number of amides is 2. The van der Waals surface area contributed by atoms with Crippen molar-refractivity contribution in [1.29, 1.82) is 0 Å². The standard InChI is InChI=1S/C31H37N3O4/c1-30(2,3)24-12-9-22(10-13-24)28(35)33-25-8-6-7-21(15-25)17-34(19-31(4,5)18-32)29(36)23-11-14-26-27(16-23)38-20-37-26/h6-16H,17-20,32H2,1-5H3,(H,33,35). The molecular formula is C31H37N3O4. The van der Waals surface area contributed by atoms with Gasteiger partial charge in [0.2, 0.25) is 6.79 Å². The zero-order chi connectivity index (χ0) is 27.5. The van der Waals surface area contributed by atoms with Gasteiger partial charge in [-0.15, -0.1) is 0 Å². The van der Waals surface area contributed by atoms with Crippen LogP contribution in [0.4, 0.5) is 5.69 Å². The van der Waals surface area contributed by atoms with Gasteiger partial charge in [-0.2, -0.15) is 0 Å². The summed E-state index contributed by atoms with van der Waals surface area (Å²) in [4.78, 5) is 28.3. The van der Waals surface area contributed by atoms with Crippen LogP contribution in [-0.2, 0) is 12.0 Å². The Kier molecular flexibility index (Phi) is 7.78. The zero-order valence-electron chi connectivity index (χ0n) is 22.8. The molecule has 7 nitrogen and oxygen atoms in total. The molecule has 4 rings (SSSR count). The van der Waals surface area contributed by atoms with E-state index in [-0.39, 0.29) is 29.4 Å². The predicted molar refractivity (Wildman–Crippen MR) is 150 cm³/mol. The summed E-state index contributed by atoms with van der Waals surface area (Å²) in [5.41, 5.74) is 9.59. The van der Waals surface area contributed by atoms with E-state index < -0.39 is 0 Å². The van der Waals surface area contributed by atoms with Crippen LogP contribution < -0.4 is 20.5 Å². The molecule has 0 aromatic heterocycles. The Morgan fingerprint density at radius 2 is 1.58 bits per heavy atom. The van der Waals surface area contributed by atoms with Gasteiger partial charge in [0.1, 0.15) is 0 Å². The van der Waals surface area contributed by atoms with Crippen molar-refractivity contribution < 1.29 is 19.1 Å². The van der Waals surface area contributed by atoms with Gasteiger partial charge in [-0.3, -0.25) is 9.59 Å². The second-order valence-corrected chi connectivity index (χ2v) is 11.6. The summed E-state index contributed by atoms with van der Waals surface area (Å²) in [6, 6.07) is 20.5. The van der Waals surface area contributed by atoms with Gasteiger partial charge in [-0.1, -0.05) is 58.9 Å². The number of nitrogens with zero attached hydrogens (tertiary/aromatic N) is 1. The Labute approximate surface area is 224 Å². The molecule has 0 saturated heterocycles. The van der Waals surface area contributed by atoms with Gasteiger partial charge in [0, 0.05) is 29.9 Å². The van der Waals surface area contributed by atoms with E-state index in [4.69, 9.17) is 15.2 Å². The molecule has 0 radical (unpaired) electrons. The van der Waals surface area contributed by atoms with Crippen LogP contribution in [0.1, 0.15) is 66.5 Å². The molecule has 7 heteroatoms. The second-order valence-electron chi connectivity index (χ2n) is 11.6. The highest BCUT2D eigenvalue weighted by Crippen LogP contribution is 2.33. The van der Waals surface area contributed by atoms with Gasteiger partial charge in [-0.05, 0) is 71.0 Å². The van der Waals surface area contributed by atoms with Crippen LogP contribution in [-0.4, -0.2) is 36.6 Å². The van der Waals surface area contributed by atoms with Crippen LogP contribution in [0.3, 0.4) is 0 Å². The molecule has 3 aromatic carbocycles. The highest BCUT2D eigenvalue weighted by atomic mass is 16.7. The van der Waals surface area contributed by atoms with Crippen molar-refractivity contribution in [3.05, 3.63) is 89.0 Å². The first-order chi connectivity index (χ1) is 17.9. The first kappa shape index (κ1) is 27.2. The SMILES string of the molecule is CC(C)(CN)CN(Cc1cccc(NC(=O)c2ccc(C(C)(C)C)cc2)c1)C(=O)c1ccc2c(c1)OCO2. The molecule has 0 bridgehead atoms. The number of hydrogen-bond donors (Lipinski definition) is 2. The van der Waals surface area contributed by atoms with Gasteiger partial charge in [0.15, 0.2) is 11.5 Å². The molecule has 200 valence electrons. The topological polar surface area (TPSA) is 93.9 Å². The van der Waals surface area contributed by atoms with E-state index in [0.717, 1.165) is 5.56 Å². The Balaban J connectivity index is 1.52. The van der Waals surface area contributed by atoms with Gasteiger partial charge < -0.3 is 25.4 Å². The molecule has 3 aromatic rings. The number of nitrogens with one attached hydrogen (secondary N) is 1. The minimum absolute atomic E-state index is 0.0196. The molecule has 38 heavy (non-hydrogen) atoms. The molecule has 0 saturated carbocycles. The predicted octanol–water partition coefficient (Wildman–Crippen LogP) is 5.59. The van der Waals surface area contributed by atoms with Crippen molar-refractivity contribution in [1.82, 2.24) is 4.90 Å². The molecule has 0 fully saturated rings. The maximum Gasteiger partial charge on any atom is 0.255 e. The van der Waals surface area contributed by atoms with Gasteiger partial charge in [0.05, 0.1) is 0 Å². The lowest BCUT2D eigenvalue weighted by molar-refractivity contribution is 0.0672. The number of ether oxygens (including phenoxy) is 2. The van der Waals surface area contributed by atoms with Crippen molar-refractivity contribution in [2.75, 3.05) is 25.2 Å². The largest absolute Gasteiger partial charge is 0.454 e. The molecule has 3 N–H and O–H groups in total. The van der Waals surface area contributed by atoms with Gasteiger partial charge in [-0.25, -0.2) is 0 Å². The number of hydrogen-bond acceptors (Lipinski definition) is 5. The Morgan fingerprint density at radius 3 is 2.26 bits per heavy atom. The van der Waals surface area contributed by atoms with Crippen molar-refractivity contribution >= 4 is 17.5 Å².